The molecule has 25 heavy (non-hydrogen) atoms. The molecule has 0 bridgehead atoms. The van der Waals surface area contributed by atoms with E-state index in [1.165, 1.54) is 0 Å². The Balaban J connectivity index is 1.79. The lowest BCUT2D eigenvalue weighted by Crippen LogP contribution is -1.93. The van der Waals surface area contributed by atoms with Crippen LogP contribution in [0.3, 0.4) is 0 Å². The molecule has 0 saturated heterocycles. The fraction of sp³-hybridized carbons (Fsp3) is 0.100. The van der Waals surface area contributed by atoms with Crippen LogP contribution in [0.4, 0.5) is 0 Å². The van der Waals surface area contributed by atoms with Crippen molar-refractivity contribution in [2.24, 2.45) is 0 Å². The predicted octanol–water partition coefficient (Wildman–Crippen LogP) is 4.59. The van der Waals surface area contributed by atoms with Crippen LogP contribution in [0.15, 0.2) is 60.9 Å². The van der Waals surface area contributed by atoms with Crippen LogP contribution >= 0.6 is 0 Å². The van der Waals surface area contributed by atoms with E-state index in [2.05, 4.69) is 9.97 Å². The van der Waals surface area contributed by atoms with E-state index in [0.29, 0.717) is 23.0 Å². The minimum atomic E-state index is 0.629. The molecule has 124 valence electrons. The summed E-state index contributed by atoms with van der Waals surface area (Å²) in [5.41, 5.74) is 1.70. The first kappa shape index (κ1) is 15.2. The summed E-state index contributed by atoms with van der Waals surface area (Å²) in [6.07, 6.45) is 3.42. The van der Waals surface area contributed by atoms with Crippen molar-refractivity contribution in [2.45, 2.75) is 0 Å². The van der Waals surface area contributed by atoms with Crippen molar-refractivity contribution in [1.29, 1.82) is 0 Å². The van der Waals surface area contributed by atoms with Crippen LogP contribution in [-0.4, -0.2) is 24.2 Å². The molecule has 2 heterocycles. The quantitative estimate of drug-likeness (QED) is 0.547. The fourth-order valence-electron chi connectivity index (χ4n) is 2.77. The second-order valence-corrected chi connectivity index (χ2v) is 5.50. The van der Waals surface area contributed by atoms with Crippen molar-refractivity contribution in [3.05, 3.63) is 60.9 Å². The van der Waals surface area contributed by atoms with E-state index in [1.807, 2.05) is 48.5 Å². The summed E-state index contributed by atoms with van der Waals surface area (Å²) < 4.78 is 16.8. The molecule has 0 aliphatic rings. The number of methoxy groups -OCH3 is 2. The summed E-state index contributed by atoms with van der Waals surface area (Å²) >= 11 is 0. The van der Waals surface area contributed by atoms with Gasteiger partial charge >= 0.3 is 0 Å². The molecule has 0 unspecified atom stereocenters. The van der Waals surface area contributed by atoms with E-state index in [-0.39, 0.29) is 0 Å². The number of nitrogens with zero attached hydrogens (tertiary/aromatic N) is 2. The van der Waals surface area contributed by atoms with Gasteiger partial charge in [-0.25, -0.2) is 0 Å². The van der Waals surface area contributed by atoms with Gasteiger partial charge in [0.25, 0.3) is 0 Å². The van der Waals surface area contributed by atoms with Crippen LogP contribution in [0.25, 0.3) is 21.8 Å². The van der Waals surface area contributed by atoms with Crippen molar-refractivity contribution in [2.75, 3.05) is 14.2 Å². The van der Waals surface area contributed by atoms with Gasteiger partial charge in [-0.15, -0.1) is 0 Å². The van der Waals surface area contributed by atoms with Gasteiger partial charge in [-0.1, -0.05) is 18.2 Å². The van der Waals surface area contributed by atoms with Crippen LogP contribution in [-0.2, 0) is 0 Å². The SMILES string of the molecule is COc1cc2nccc(Oc3cnc4ccccc4c3)c2cc1OC. The molecular formula is C20H16N2O3. The summed E-state index contributed by atoms with van der Waals surface area (Å²) in [7, 11) is 3.21. The largest absolute Gasteiger partial charge is 0.493 e. The van der Waals surface area contributed by atoms with Crippen LogP contribution < -0.4 is 14.2 Å². The molecular weight excluding hydrogens is 316 g/mol. The van der Waals surface area contributed by atoms with E-state index in [4.69, 9.17) is 14.2 Å². The van der Waals surface area contributed by atoms with E-state index in [9.17, 15) is 0 Å². The number of fused-ring (bicyclic) bond motifs is 2. The maximum absolute atomic E-state index is 6.07. The molecule has 4 rings (SSSR count). The van der Waals surface area contributed by atoms with Crippen molar-refractivity contribution in [1.82, 2.24) is 9.97 Å². The topological polar surface area (TPSA) is 53.5 Å². The van der Waals surface area contributed by atoms with Crippen LogP contribution in [0.2, 0.25) is 0 Å². The molecule has 0 saturated carbocycles. The normalized spacial score (nSPS) is 10.8. The van der Waals surface area contributed by atoms with Crippen LogP contribution in [0.1, 0.15) is 0 Å². The molecule has 4 aromatic rings. The standard InChI is InChI=1S/C20H16N2O3/c1-23-19-10-15-17(11-20(19)24-2)21-8-7-18(15)25-14-9-13-5-3-4-6-16(13)22-12-14/h3-12H,1-2H3. The monoisotopic (exact) mass is 332 g/mol. The van der Waals surface area contributed by atoms with E-state index < -0.39 is 0 Å². The number of para-hydroxylation sites is 1. The second kappa shape index (κ2) is 6.28. The Labute approximate surface area is 144 Å². The number of rotatable bonds is 4. The van der Waals surface area contributed by atoms with E-state index >= 15 is 0 Å². The highest BCUT2D eigenvalue weighted by Gasteiger charge is 2.11. The summed E-state index contributed by atoms with van der Waals surface area (Å²) in [5.74, 6) is 2.61. The Hall–Kier alpha value is -3.34. The van der Waals surface area contributed by atoms with Gasteiger partial charge in [-0.2, -0.15) is 0 Å². The molecule has 0 spiro atoms. The highest BCUT2D eigenvalue weighted by molar-refractivity contribution is 5.88. The molecule has 0 atom stereocenters. The Morgan fingerprint density at radius 2 is 1.56 bits per heavy atom. The highest BCUT2D eigenvalue weighted by Crippen LogP contribution is 2.37. The van der Waals surface area contributed by atoms with E-state index in [0.717, 1.165) is 21.8 Å². The highest BCUT2D eigenvalue weighted by atomic mass is 16.5. The molecule has 5 nitrogen and oxygen atoms in total. The zero-order chi connectivity index (χ0) is 17.2. The van der Waals surface area contributed by atoms with Crippen LogP contribution in [0.5, 0.6) is 23.0 Å². The molecule has 0 aliphatic carbocycles. The van der Waals surface area contributed by atoms with Gasteiger partial charge in [0.2, 0.25) is 0 Å². The zero-order valence-electron chi connectivity index (χ0n) is 13.9. The summed E-state index contributed by atoms with van der Waals surface area (Å²) in [6.45, 7) is 0. The number of aromatic nitrogens is 2. The first-order valence-corrected chi connectivity index (χ1v) is 7.82. The van der Waals surface area contributed by atoms with Gasteiger partial charge in [-0.05, 0) is 24.3 Å². The zero-order valence-corrected chi connectivity index (χ0v) is 13.9. The van der Waals surface area contributed by atoms with Gasteiger partial charge in [0.15, 0.2) is 11.5 Å². The molecule has 0 aliphatic heterocycles. The van der Waals surface area contributed by atoms with Gasteiger partial charge in [0.05, 0.1) is 31.4 Å². The van der Waals surface area contributed by atoms with Crippen molar-refractivity contribution < 1.29 is 14.2 Å². The fourth-order valence-corrected chi connectivity index (χ4v) is 2.77. The molecule has 5 heteroatoms. The number of ether oxygens (including phenoxy) is 3. The molecule has 0 fully saturated rings. The predicted molar refractivity (Wildman–Crippen MR) is 96.7 cm³/mol. The lowest BCUT2D eigenvalue weighted by atomic mass is 10.1. The molecule has 0 radical (unpaired) electrons. The average Bonchev–Trinajstić information content (AvgIpc) is 2.67. The maximum Gasteiger partial charge on any atom is 0.162 e. The van der Waals surface area contributed by atoms with Gasteiger partial charge in [0.1, 0.15) is 11.5 Å². The Kier molecular flexibility index (Phi) is 3.82. The van der Waals surface area contributed by atoms with Gasteiger partial charge < -0.3 is 14.2 Å². The third-order valence-electron chi connectivity index (χ3n) is 4.00. The number of benzene rings is 2. The number of hydrogen-bond donors (Lipinski definition) is 0. The Bertz CT molecular complexity index is 1060. The lowest BCUT2D eigenvalue weighted by Gasteiger charge is -2.12. The first-order chi connectivity index (χ1) is 12.3. The summed E-state index contributed by atoms with van der Waals surface area (Å²) in [5, 5.41) is 1.87. The third-order valence-corrected chi connectivity index (χ3v) is 4.00. The first-order valence-electron chi connectivity index (χ1n) is 7.82. The molecule has 2 aromatic heterocycles. The summed E-state index contributed by atoms with van der Waals surface area (Å²) in [4.78, 5) is 8.82. The van der Waals surface area contributed by atoms with Crippen molar-refractivity contribution in [3.8, 4) is 23.0 Å². The van der Waals surface area contributed by atoms with Gasteiger partial charge in [0, 0.05) is 23.0 Å². The number of hydrogen-bond acceptors (Lipinski definition) is 5. The minimum absolute atomic E-state index is 0.629. The Morgan fingerprint density at radius 3 is 2.40 bits per heavy atom. The summed E-state index contributed by atoms with van der Waals surface area (Å²) in [6, 6.07) is 15.4. The lowest BCUT2D eigenvalue weighted by molar-refractivity contribution is 0.355. The molecule has 2 aromatic carbocycles. The van der Waals surface area contributed by atoms with Crippen molar-refractivity contribution >= 4 is 21.8 Å². The third kappa shape index (κ3) is 2.80. The second-order valence-electron chi connectivity index (χ2n) is 5.50. The molecule has 0 amide bonds. The van der Waals surface area contributed by atoms with Crippen molar-refractivity contribution in [3.63, 3.8) is 0 Å². The Morgan fingerprint density at radius 1 is 0.760 bits per heavy atom. The van der Waals surface area contributed by atoms with Crippen LogP contribution in [0, 0.1) is 0 Å². The van der Waals surface area contributed by atoms with E-state index in [1.54, 1.807) is 26.6 Å². The van der Waals surface area contributed by atoms with Gasteiger partial charge in [-0.3, -0.25) is 9.97 Å². The molecule has 0 N–H and O–H groups in total. The maximum atomic E-state index is 6.07. The number of pyridine rings is 2. The smallest absolute Gasteiger partial charge is 0.162 e. The minimum Gasteiger partial charge on any atom is -0.493 e. The average molecular weight is 332 g/mol.